The van der Waals surface area contributed by atoms with E-state index in [9.17, 15) is 0 Å². The zero-order chi connectivity index (χ0) is 7.07. The summed E-state index contributed by atoms with van der Waals surface area (Å²) in [6, 6.07) is 0. The Hall–Kier alpha value is -0.460. The SMILES string of the molecule is C=C(N)C(C)(C)C1CC1. The Labute approximate surface area is 56.9 Å². The van der Waals surface area contributed by atoms with Gasteiger partial charge in [-0.05, 0) is 18.8 Å². The molecule has 0 saturated heterocycles. The lowest BCUT2D eigenvalue weighted by Gasteiger charge is -2.23. The van der Waals surface area contributed by atoms with Gasteiger partial charge in [0.15, 0.2) is 0 Å². The summed E-state index contributed by atoms with van der Waals surface area (Å²) in [5.41, 5.74) is 6.65. The third-order valence-corrected chi connectivity index (χ3v) is 2.43. The molecule has 1 nitrogen and oxygen atoms in total. The highest BCUT2D eigenvalue weighted by molar-refractivity contribution is 5.08. The van der Waals surface area contributed by atoms with E-state index in [0.29, 0.717) is 0 Å². The fourth-order valence-electron chi connectivity index (χ4n) is 1.07. The second-order valence-corrected chi connectivity index (χ2v) is 3.52. The predicted molar refractivity (Wildman–Crippen MR) is 39.8 cm³/mol. The molecule has 52 valence electrons. The molecule has 1 rings (SSSR count). The van der Waals surface area contributed by atoms with Crippen molar-refractivity contribution in [3.8, 4) is 0 Å². The molecule has 0 bridgehead atoms. The average Bonchev–Trinajstić information content (AvgIpc) is 2.42. The van der Waals surface area contributed by atoms with Crippen molar-refractivity contribution in [2.24, 2.45) is 17.1 Å². The molecule has 0 radical (unpaired) electrons. The molecule has 0 atom stereocenters. The van der Waals surface area contributed by atoms with Crippen LogP contribution in [-0.4, -0.2) is 0 Å². The Morgan fingerprint density at radius 3 is 2.11 bits per heavy atom. The monoisotopic (exact) mass is 125 g/mol. The topological polar surface area (TPSA) is 26.0 Å². The van der Waals surface area contributed by atoms with Crippen LogP contribution in [0.5, 0.6) is 0 Å². The first-order chi connectivity index (χ1) is 4.05. The Morgan fingerprint density at radius 1 is 1.56 bits per heavy atom. The molecule has 0 aromatic heterocycles. The zero-order valence-corrected chi connectivity index (χ0v) is 6.28. The van der Waals surface area contributed by atoms with Gasteiger partial charge in [0.1, 0.15) is 0 Å². The van der Waals surface area contributed by atoms with Crippen LogP contribution in [0.15, 0.2) is 12.3 Å². The number of hydrogen-bond donors (Lipinski definition) is 1. The smallest absolute Gasteiger partial charge is 0.00676 e. The second-order valence-electron chi connectivity index (χ2n) is 3.52. The van der Waals surface area contributed by atoms with E-state index >= 15 is 0 Å². The molecule has 2 N–H and O–H groups in total. The molecule has 1 fully saturated rings. The molecule has 1 saturated carbocycles. The lowest BCUT2D eigenvalue weighted by molar-refractivity contribution is 0.378. The van der Waals surface area contributed by atoms with Crippen LogP contribution in [0, 0.1) is 11.3 Å². The van der Waals surface area contributed by atoms with E-state index in [-0.39, 0.29) is 5.41 Å². The van der Waals surface area contributed by atoms with Crippen molar-refractivity contribution in [3.63, 3.8) is 0 Å². The molecular formula is C8H15N. The summed E-state index contributed by atoms with van der Waals surface area (Å²) in [6.45, 7) is 8.11. The summed E-state index contributed by atoms with van der Waals surface area (Å²) in [6.07, 6.45) is 2.67. The van der Waals surface area contributed by atoms with Gasteiger partial charge in [-0.3, -0.25) is 0 Å². The number of allylic oxidation sites excluding steroid dienone is 1. The summed E-state index contributed by atoms with van der Waals surface area (Å²) < 4.78 is 0. The zero-order valence-electron chi connectivity index (χ0n) is 6.28. The fraction of sp³-hybridized carbons (Fsp3) is 0.750. The molecular weight excluding hydrogens is 110 g/mol. The number of hydrogen-bond acceptors (Lipinski definition) is 1. The van der Waals surface area contributed by atoms with Crippen LogP contribution in [0.1, 0.15) is 26.7 Å². The van der Waals surface area contributed by atoms with Gasteiger partial charge in [-0.2, -0.15) is 0 Å². The van der Waals surface area contributed by atoms with Crippen LogP contribution in [0.2, 0.25) is 0 Å². The first-order valence-electron chi connectivity index (χ1n) is 3.50. The van der Waals surface area contributed by atoms with Crippen LogP contribution in [0.25, 0.3) is 0 Å². The molecule has 0 spiro atoms. The van der Waals surface area contributed by atoms with E-state index in [1.54, 1.807) is 0 Å². The summed E-state index contributed by atoms with van der Waals surface area (Å²) in [7, 11) is 0. The highest BCUT2D eigenvalue weighted by atomic mass is 14.6. The minimum atomic E-state index is 0.194. The maximum absolute atomic E-state index is 5.62. The van der Waals surface area contributed by atoms with Crippen molar-refractivity contribution in [1.82, 2.24) is 0 Å². The first-order valence-corrected chi connectivity index (χ1v) is 3.50. The van der Waals surface area contributed by atoms with Crippen LogP contribution >= 0.6 is 0 Å². The average molecular weight is 125 g/mol. The lowest BCUT2D eigenvalue weighted by Crippen LogP contribution is -2.22. The summed E-state index contributed by atoms with van der Waals surface area (Å²) >= 11 is 0. The Balaban J connectivity index is 2.59. The maximum atomic E-state index is 5.62. The van der Waals surface area contributed by atoms with Crippen LogP contribution in [0.3, 0.4) is 0 Å². The third kappa shape index (κ3) is 1.09. The molecule has 0 amide bonds. The van der Waals surface area contributed by atoms with Crippen molar-refractivity contribution in [1.29, 1.82) is 0 Å². The fourth-order valence-corrected chi connectivity index (χ4v) is 1.07. The molecule has 0 aliphatic heterocycles. The molecule has 1 heteroatoms. The molecule has 0 aromatic carbocycles. The van der Waals surface area contributed by atoms with Gasteiger partial charge in [0.2, 0.25) is 0 Å². The minimum Gasteiger partial charge on any atom is -0.402 e. The van der Waals surface area contributed by atoms with E-state index in [0.717, 1.165) is 11.6 Å². The quantitative estimate of drug-likeness (QED) is 0.599. The van der Waals surface area contributed by atoms with Crippen LogP contribution in [-0.2, 0) is 0 Å². The van der Waals surface area contributed by atoms with Gasteiger partial charge in [0.05, 0.1) is 0 Å². The molecule has 9 heavy (non-hydrogen) atoms. The summed E-state index contributed by atoms with van der Waals surface area (Å²) in [5.74, 6) is 0.815. The van der Waals surface area contributed by atoms with Gasteiger partial charge in [-0.1, -0.05) is 20.4 Å². The Bertz CT molecular complexity index is 132. The van der Waals surface area contributed by atoms with Gasteiger partial charge in [-0.15, -0.1) is 0 Å². The largest absolute Gasteiger partial charge is 0.402 e. The molecule has 0 aromatic rings. The van der Waals surface area contributed by atoms with Crippen molar-refractivity contribution in [2.75, 3.05) is 0 Å². The van der Waals surface area contributed by atoms with Gasteiger partial charge < -0.3 is 5.73 Å². The summed E-state index contributed by atoms with van der Waals surface area (Å²) in [4.78, 5) is 0. The van der Waals surface area contributed by atoms with Crippen LogP contribution < -0.4 is 5.73 Å². The molecule has 0 heterocycles. The van der Waals surface area contributed by atoms with Crippen molar-refractivity contribution >= 4 is 0 Å². The van der Waals surface area contributed by atoms with Gasteiger partial charge in [-0.25, -0.2) is 0 Å². The van der Waals surface area contributed by atoms with Gasteiger partial charge in [0.25, 0.3) is 0 Å². The van der Waals surface area contributed by atoms with E-state index in [4.69, 9.17) is 5.73 Å². The van der Waals surface area contributed by atoms with E-state index < -0.39 is 0 Å². The van der Waals surface area contributed by atoms with Gasteiger partial charge >= 0.3 is 0 Å². The number of rotatable bonds is 2. The lowest BCUT2D eigenvalue weighted by atomic mass is 9.85. The number of nitrogens with two attached hydrogens (primary N) is 1. The second kappa shape index (κ2) is 1.76. The normalized spacial score (nSPS) is 19.8. The van der Waals surface area contributed by atoms with Crippen molar-refractivity contribution in [3.05, 3.63) is 12.3 Å². The molecule has 1 aliphatic rings. The highest BCUT2D eigenvalue weighted by Crippen LogP contribution is 2.47. The van der Waals surface area contributed by atoms with Crippen molar-refractivity contribution in [2.45, 2.75) is 26.7 Å². The summed E-state index contributed by atoms with van der Waals surface area (Å²) in [5, 5.41) is 0. The Kier molecular flexibility index (Phi) is 1.30. The molecule has 0 unspecified atom stereocenters. The van der Waals surface area contributed by atoms with E-state index in [2.05, 4.69) is 20.4 Å². The Morgan fingerprint density at radius 2 is 2.00 bits per heavy atom. The predicted octanol–water partition coefficient (Wildman–Crippen LogP) is 1.90. The highest BCUT2D eigenvalue weighted by Gasteiger charge is 2.38. The third-order valence-electron chi connectivity index (χ3n) is 2.43. The standard InChI is InChI=1S/C8H15N/c1-6(9)8(2,3)7-4-5-7/h7H,1,4-5,9H2,2-3H3. The molecule has 1 aliphatic carbocycles. The van der Waals surface area contributed by atoms with Gasteiger partial charge in [0, 0.05) is 11.1 Å². The minimum absolute atomic E-state index is 0.194. The van der Waals surface area contributed by atoms with E-state index in [1.165, 1.54) is 12.8 Å². The first kappa shape index (κ1) is 6.66. The van der Waals surface area contributed by atoms with Crippen LogP contribution in [0.4, 0.5) is 0 Å². The van der Waals surface area contributed by atoms with E-state index in [1.807, 2.05) is 0 Å². The maximum Gasteiger partial charge on any atom is 0.00676 e. The van der Waals surface area contributed by atoms with Crippen molar-refractivity contribution < 1.29 is 0 Å².